The van der Waals surface area contributed by atoms with Crippen molar-refractivity contribution in [2.24, 2.45) is 0 Å². The number of halogens is 1. The summed E-state index contributed by atoms with van der Waals surface area (Å²) in [5.41, 5.74) is 2.96. The summed E-state index contributed by atoms with van der Waals surface area (Å²) in [5, 5.41) is 17.5. The predicted molar refractivity (Wildman–Crippen MR) is 134 cm³/mol. The van der Waals surface area contributed by atoms with E-state index in [9.17, 15) is 14.3 Å². The molecule has 186 valence electrons. The SMILES string of the molecule is O=C(O)CC(Cc1nc(CCCc2ccc3c(n2)NCCC3)no1)c1cnc(-c2cccc(F)c2)s1. The van der Waals surface area contributed by atoms with Crippen molar-refractivity contribution in [3.8, 4) is 10.6 Å². The highest BCUT2D eigenvalue weighted by atomic mass is 32.1. The molecular formula is C26H26FN5O3S. The fourth-order valence-corrected chi connectivity index (χ4v) is 5.35. The Hall–Kier alpha value is -3.66. The Bertz CT molecular complexity index is 1350. The summed E-state index contributed by atoms with van der Waals surface area (Å²) < 4.78 is 19.0. The first kappa shape index (κ1) is 24.1. The maximum atomic E-state index is 13.6. The zero-order valence-electron chi connectivity index (χ0n) is 19.6. The number of carboxylic acid groups (broad SMARTS) is 1. The van der Waals surface area contributed by atoms with Crippen molar-refractivity contribution in [1.82, 2.24) is 20.1 Å². The van der Waals surface area contributed by atoms with Gasteiger partial charge in [-0.1, -0.05) is 23.4 Å². The van der Waals surface area contributed by atoms with Crippen LogP contribution >= 0.6 is 11.3 Å². The summed E-state index contributed by atoms with van der Waals surface area (Å²) in [4.78, 5) is 25.9. The van der Waals surface area contributed by atoms with Crippen LogP contribution < -0.4 is 5.32 Å². The van der Waals surface area contributed by atoms with Gasteiger partial charge in [-0.3, -0.25) is 4.79 Å². The number of benzene rings is 1. The van der Waals surface area contributed by atoms with Crippen LogP contribution in [-0.2, 0) is 30.5 Å². The number of fused-ring (bicyclic) bond motifs is 1. The van der Waals surface area contributed by atoms with E-state index in [0.29, 0.717) is 35.1 Å². The number of nitrogens with one attached hydrogen (secondary N) is 1. The number of nitrogens with zero attached hydrogens (tertiary/aromatic N) is 4. The highest BCUT2D eigenvalue weighted by Crippen LogP contribution is 2.33. The molecule has 1 unspecified atom stereocenters. The van der Waals surface area contributed by atoms with Gasteiger partial charge in [0.1, 0.15) is 16.6 Å². The Balaban J connectivity index is 1.21. The van der Waals surface area contributed by atoms with Gasteiger partial charge in [-0.2, -0.15) is 4.98 Å². The van der Waals surface area contributed by atoms with Gasteiger partial charge in [0.05, 0.1) is 6.42 Å². The minimum absolute atomic E-state index is 0.0967. The van der Waals surface area contributed by atoms with Gasteiger partial charge in [-0.15, -0.1) is 11.3 Å². The molecule has 1 atom stereocenters. The standard InChI is InChI=1S/C26H26FN5O3S/c27-19-6-1-4-17(12-19)26-29-15-21(36-26)18(14-24(33)34)13-23-31-22(32-35-23)8-2-7-20-10-9-16-5-3-11-28-25(16)30-20/h1,4,6,9-10,12,15,18H,2-3,5,7-8,11,13-14H2,(H,28,30)(H,33,34). The molecule has 8 nitrogen and oxygen atoms in total. The zero-order chi connectivity index (χ0) is 24.9. The van der Waals surface area contributed by atoms with Gasteiger partial charge >= 0.3 is 5.97 Å². The lowest BCUT2D eigenvalue weighted by Gasteiger charge is -2.17. The van der Waals surface area contributed by atoms with Crippen LogP contribution in [-0.4, -0.2) is 37.7 Å². The molecule has 0 fully saturated rings. The number of carboxylic acids is 1. The van der Waals surface area contributed by atoms with E-state index in [2.05, 4.69) is 32.6 Å². The molecule has 5 rings (SSSR count). The Morgan fingerprint density at radius 3 is 3.00 bits per heavy atom. The normalized spacial score (nSPS) is 13.7. The lowest BCUT2D eigenvalue weighted by Crippen LogP contribution is -2.14. The molecule has 1 aromatic carbocycles. The fraction of sp³-hybridized carbons (Fsp3) is 0.346. The molecule has 0 bridgehead atoms. The van der Waals surface area contributed by atoms with E-state index in [1.807, 2.05) is 0 Å². The number of aromatic nitrogens is 4. The summed E-state index contributed by atoms with van der Waals surface area (Å²) in [7, 11) is 0. The first-order valence-corrected chi connectivity index (χ1v) is 12.8. The molecule has 0 saturated heterocycles. The number of anilines is 1. The molecule has 0 saturated carbocycles. The largest absolute Gasteiger partial charge is 0.481 e. The van der Waals surface area contributed by atoms with Gasteiger partial charge < -0.3 is 14.9 Å². The lowest BCUT2D eigenvalue weighted by molar-refractivity contribution is -0.137. The molecule has 3 aromatic heterocycles. The average molecular weight is 508 g/mol. The molecule has 0 aliphatic carbocycles. The third kappa shape index (κ3) is 5.93. The monoisotopic (exact) mass is 507 g/mol. The topological polar surface area (TPSA) is 114 Å². The van der Waals surface area contributed by atoms with Crippen LogP contribution in [0.5, 0.6) is 0 Å². The van der Waals surface area contributed by atoms with Gasteiger partial charge in [0.2, 0.25) is 5.89 Å². The van der Waals surface area contributed by atoms with Gasteiger partial charge in [0, 0.05) is 47.6 Å². The van der Waals surface area contributed by atoms with Crippen LogP contribution in [0.4, 0.5) is 10.2 Å². The summed E-state index contributed by atoms with van der Waals surface area (Å²) in [6, 6.07) is 10.4. The lowest BCUT2D eigenvalue weighted by atomic mass is 10.0. The van der Waals surface area contributed by atoms with E-state index in [1.165, 1.54) is 29.0 Å². The van der Waals surface area contributed by atoms with Crippen molar-refractivity contribution < 1.29 is 18.8 Å². The van der Waals surface area contributed by atoms with Crippen molar-refractivity contribution in [1.29, 1.82) is 0 Å². The number of thiazole rings is 1. The third-order valence-electron chi connectivity index (χ3n) is 6.13. The fourth-order valence-electron chi connectivity index (χ4n) is 4.34. The summed E-state index contributed by atoms with van der Waals surface area (Å²) in [6.45, 7) is 0.964. The van der Waals surface area contributed by atoms with Gasteiger partial charge in [0.15, 0.2) is 5.82 Å². The molecule has 4 heterocycles. The number of rotatable bonds is 10. The van der Waals surface area contributed by atoms with E-state index in [-0.39, 0.29) is 18.2 Å². The number of carbonyl (C=O) groups is 1. The van der Waals surface area contributed by atoms with Crippen molar-refractivity contribution in [2.75, 3.05) is 11.9 Å². The van der Waals surface area contributed by atoms with E-state index >= 15 is 0 Å². The molecule has 0 radical (unpaired) electrons. The maximum absolute atomic E-state index is 13.6. The summed E-state index contributed by atoms with van der Waals surface area (Å²) in [6.07, 6.45) is 6.33. The second-order valence-electron chi connectivity index (χ2n) is 8.88. The molecule has 10 heteroatoms. The van der Waals surface area contributed by atoms with E-state index in [0.717, 1.165) is 48.6 Å². The van der Waals surface area contributed by atoms with Crippen LogP contribution in [0.2, 0.25) is 0 Å². The highest BCUT2D eigenvalue weighted by Gasteiger charge is 2.23. The third-order valence-corrected chi connectivity index (χ3v) is 7.34. The van der Waals surface area contributed by atoms with Crippen molar-refractivity contribution in [3.05, 3.63) is 76.3 Å². The van der Waals surface area contributed by atoms with E-state index in [1.54, 1.807) is 18.3 Å². The van der Waals surface area contributed by atoms with Crippen LogP contribution in [0.1, 0.15) is 53.0 Å². The minimum atomic E-state index is -0.924. The van der Waals surface area contributed by atoms with Gasteiger partial charge in [-0.05, 0) is 49.4 Å². The molecule has 1 aliphatic heterocycles. The van der Waals surface area contributed by atoms with Crippen LogP contribution in [0.3, 0.4) is 0 Å². The van der Waals surface area contributed by atoms with Gasteiger partial charge in [0.25, 0.3) is 0 Å². The predicted octanol–water partition coefficient (Wildman–Crippen LogP) is 5.06. The van der Waals surface area contributed by atoms with Crippen LogP contribution in [0, 0.1) is 5.82 Å². The van der Waals surface area contributed by atoms with E-state index in [4.69, 9.17) is 9.51 Å². The number of hydrogen-bond acceptors (Lipinski definition) is 8. The zero-order valence-corrected chi connectivity index (χ0v) is 20.4. The number of pyridine rings is 1. The maximum Gasteiger partial charge on any atom is 0.304 e. The first-order chi connectivity index (χ1) is 17.5. The molecule has 4 aromatic rings. The van der Waals surface area contributed by atoms with Crippen LogP contribution in [0.15, 0.2) is 47.1 Å². The highest BCUT2D eigenvalue weighted by molar-refractivity contribution is 7.15. The Morgan fingerprint density at radius 1 is 1.22 bits per heavy atom. The number of aryl methyl sites for hydroxylation is 3. The number of hydrogen-bond donors (Lipinski definition) is 2. The summed E-state index contributed by atoms with van der Waals surface area (Å²) in [5.74, 6) is 0.348. The first-order valence-electron chi connectivity index (χ1n) is 12.0. The van der Waals surface area contributed by atoms with Crippen molar-refractivity contribution in [3.63, 3.8) is 0 Å². The van der Waals surface area contributed by atoms with Gasteiger partial charge in [-0.25, -0.2) is 14.4 Å². The molecule has 2 N–H and O–H groups in total. The molecule has 1 aliphatic rings. The van der Waals surface area contributed by atoms with Crippen LogP contribution in [0.25, 0.3) is 10.6 Å². The molecular weight excluding hydrogens is 481 g/mol. The quantitative estimate of drug-likeness (QED) is 0.306. The molecule has 0 spiro atoms. The summed E-state index contributed by atoms with van der Waals surface area (Å²) >= 11 is 1.35. The van der Waals surface area contributed by atoms with Crippen molar-refractivity contribution >= 4 is 23.1 Å². The van der Waals surface area contributed by atoms with Crippen molar-refractivity contribution in [2.45, 2.75) is 50.9 Å². The Morgan fingerprint density at radius 2 is 2.14 bits per heavy atom. The minimum Gasteiger partial charge on any atom is -0.481 e. The molecule has 0 amide bonds. The smallest absolute Gasteiger partial charge is 0.304 e. The second kappa shape index (κ2) is 10.9. The number of aliphatic carboxylic acids is 1. The van der Waals surface area contributed by atoms with E-state index < -0.39 is 5.97 Å². The Labute approximate surface area is 211 Å². The Kier molecular flexibility index (Phi) is 7.31. The molecule has 36 heavy (non-hydrogen) atoms. The average Bonchev–Trinajstić information content (AvgIpc) is 3.53. The second-order valence-corrected chi connectivity index (χ2v) is 9.94.